The average Bonchev–Trinajstić information content (AvgIpc) is 2.45. The Morgan fingerprint density at radius 1 is 1.40 bits per heavy atom. The fraction of sp³-hybridized carbons (Fsp3) is 0.0667. The van der Waals surface area contributed by atoms with Gasteiger partial charge in [0, 0.05) is 11.1 Å². The van der Waals surface area contributed by atoms with Crippen LogP contribution in [-0.4, -0.2) is 10.9 Å². The van der Waals surface area contributed by atoms with E-state index in [1.165, 1.54) is 6.08 Å². The van der Waals surface area contributed by atoms with E-state index in [4.69, 9.17) is 16.3 Å². The highest BCUT2D eigenvalue weighted by atomic mass is 35.5. The first-order valence-electron chi connectivity index (χ1n) is 5.92. The van der Waals surface area contributed by atoms with Gasteiger partial charge in [0.2, 0.25) is 5.91 Å². The van der Waals surface area contributed by atoms with Gasteiger partial charge in [-0.3, -0.25) is 9.78 Å². The first-order chi connectivity index (χ1) is 9.58. The average molecular weight is 289 g/mol. The Morgan fingerprint density at radius 3 is 2.75 bits per heavy atom. The number of carbonyl (C=O) groups excluding carboxylic acids is 1. The molecule has 1 aromatic carbocycles. The first kappa shape index (κ1) is 14.1. The van der Waals surface area contributed by atoms with E-state index in [2.05, 4.69) is 16.9 Å². The molecule has 0 fully saturated rings. The maximum atomic E-state index is 11.3. The fourth-order valence-electron chi connectivity index (χ4n) is 1.51. The second-order valence-electron chi connectivity index (χ2n) is 4.06. The van der Waals surface area contributed by atoms with Crippen LogP contribution < -0.4 is 10.1 Å². The van der Waals surface area contributed by atoms with E-state index < -0.39 is 0 Å². The number of hydrogen-bond donors (Lipinski definition) is 1. The molecule has 0 bridgehead atoms. The van der Waals surface area contributed by atoms with Crippen LogP contribution in [0.3, 0.4) is 0 Å². The summed E-state index contributed by atoms with van der Waals surface area (Å²) in [7, 11) is 0. The van der Waals surface area contributed by atoms with Gasteiger partial charge in [0.1, 0.15) is 5.75 Å². The minimum atomic E-state index is -0.298. The van der Waals surface area contributed by atoms with Gasteiger partial charge in [-0.25, -0.2) is 0 Å². The molecule has 0 aliphatic rings. The number of nitrogens with zero attached hydrogens (tertiary/aromatic N) is 1. The summed E-state index contributed by atoms with van der Waals surface area (Å²) >= 11 is 5.82. The highest BCUT2D eigenvalue weighted by Crippen LogP contribution is 2.27. The van der Waals surface area contributed by atoms with Gasteiger partial charge < -0.3 is 10.1 Å². The predicted octanol–water partition coefficient (Wildman–Crippen LogP) is 3.96. The number of nitrogens with one attached hydrogen (secondary N) is 1. The lowest BCUT2D eigenvalue weighted by Crippen LogP contribution is -2.07. The number of amides is 1. The van der Waals surface area contributed by atoms with Crippen LogP contribution >= 0.6 is 11.6 Å². The molecule has 0 unspecified atom stereocenters. The molecule has 2 rings (SSSR count). The third kappa shape index (κ3) is 3.59. The van der Waals surface area contributed by atoms with Crippen LogP contribution in [0.4, 0.5) is 5.69 Å². The van der Waals surface area contributed by atoms with Crippen molar-refractivity contribution in [2.45, 2.75) is 6.92 Å². The van der Waals surface area contributed by atoms with Crippen LogP contribution in [0.1, 0.15) is 5.69 Å². The van der Waals surface area contributed by atoms with Crippen molar-refractivity contribution in [2.24, 2.45) is 0 Å². The van der Waals surface area contributed by atoms with Crippen molar-refractivity contribution < 1.29 is 9.53 Å². The van der Waals surface area contributed by atoms with Crippen LogP contribution in [0.25, 0.3) is 0 Å². The maximum Gasteiger partial charge on any atom is 0.247 e. The van der Waals surface area contributed by atoms with Gasteiger partial charge >= 0.3 is 0 Å². The van der Waals surface area contributed by atoms with Gasteiger partial charge in [0.25, 0.3) is 0 Å². The molecule has 0 aliphatic carbocycles. The Bertz CT molecular complexity index is 639. The summed E-state index contributed by atoms with van der Waals surface area (Å²) in [6.07, 6.45) is 2.75. The zero-order valence-corrected chi connectivity index (χ0v) is 11.6. The van der Waals surface area contributed by atoms with Crippen molar-refractivity contribution in [3.05, 3.63) is 59.9 Å². The number of halogens is 1. The number of rotatable bonds is 4. The second-order valence-corrected chi connectivity index (χ2v) is 4.49. The fourth-order valence-corrected chi connectivity index (χ4v) is 1.63. The number of aromatic nitrogens is 1. The molecular weight excluding hydrogens is 276 g/mol. The van der Waals surface area contributed by atoms with E-state index in [1.807, 2.05) is 6.92 Å². The summed E-state index contributed by atoms with van der Waals surface area (Å²) in [6.45, 7) is 5.22. The highest BCUT2D eigenvalue weighted by Gasteiger charge is 2.06. The van der Waals surface area contributed by atoms with Gasteiger partial charge in [0.05, 0.1) is 17.6 Å². The number of anilines is 1. The number of pyridine rings is 1. The van der Waals surface area contributed by atoms with Crippen LogP contribution in [0.2, 0.25) is 5.02 Å². The molecule has 5 heteroatoms. The number of carbonyl (C=O) groups is 1. The smallest absolute Gasteiger partial charge is 0.247 e. The molecule has 1 N–H and O–H groups in total. The predicted molar refractivity (Wildman–Crippen MR) is 79.3 cm³/mol. The van der Waals surface area contributed by atoms with E-state index in [1.54, 1.807) is 36.5 Å². The Balaban J connectivity index is 2.22. The van der Waals surface area contributed by atoms with Crippen molar-refractivity contribution in [1.29, 1.82) is 0 Å². The van der Waals surface area contributed by atoms with E-state index in [9.17, 15) is 4.79 Å². The molecule has 2 aromatic rings. The molecule has 102 valence electrons. The van der Waals surface area contributed by atoms with Gasteiger partial charge in [-0.2, -0.15) is 0 Å². The molecule has 0 aliphatic heterocycles. The van der Waals surface area contributed by atoms with Crippen LogP contribution in [0.15, 0.2) is 49.2 Å². The maximum absolute atomic E-state index is 11.3. The van der Waals surface area contributed by atoms with Crippen molar-refractivity contribution >= 4 is 23.2 Å². The molecule has 1 heterocycles. The molecule has 0 saturated heterocycles. The Hall–Kier alpha value is -2.33. The number of hydrogen-bond acceptors (Lipinski definition) is 3. The normalized spacial score (nSPS) is 9.90. The first-order valence-corrected chi connectivity index (χ1v) is 6.30. The minimum Gasteiger partial charge on any atom is -0.455 e. The van der Waals surface area contributed by atoms with Gasteiger partial charge in [-0.05, 0) is 37.3 Å². The molecule has 0 spiro atoms. The Morgan fingerprint density at radius 2 is 2.10 bits per heavy atom. The number of benzene rings is 1. The molecule has 20 heavy (non-hydrogen) atoms. The molecule has 0 atom stereocenters. The molecule has 1 amide bonds. The molecular formula is C15H13ClN2O2. The Kier molecular flexibility index (Phi) is 4.38. The molecule has 0 saturated carbocycles. The molecule has 0 radical (unpaired) electrons. The lowest BCUT2D eigenvalue weighted by molar-refractivity contribution is -0.111. The van der Waals surface area contributed by atoms with E-state index in [0.717, 1.165) is 5.69 Å². The largest absolute Gasteiger partial charge is 0.455 e. The van der Waals surface area contributed by atoms with Crippen LogP contribution in [0, 0.1) is 6.92 Å². The Labute approximate surface area is 122 Å². The summed E-state index contributed by atoms with van der Waals surface area (Å²) < 4.78 is 5.72. The van der Waals surface area contributed by atoms with E-state index in [-0.39, 0.29) is 5.91 Å². The zero-order chi connectivity index (χ0) is 14.5. The number of ether oxygens (including phenoxy) is 1. The van der Waals surface area contributed by atoms with Crippen molar-refractivity contribution in [3.8, 4) is 11.5 Å². The lowest BCUT2D eigenvalue weighted by Gasteiger charge is -2.10. The summed E-state index contributed by atoms with van der Waals surface area (Å²) in [5.41, 5.74) is 1.26. The van der Waals surface area contributed by atoms with Crippen molar-refractivity contribution in [2.75, 3.05) is 5.32 Å². The summed E-state index contributed by atoms with van der Waals surface area (Å²) in [6, 6.07) is 8.71. The van der Waals surface area contributed by atoms with Crippen molar-refractivity contribution in [3.63, 3.8) is 0 Å². The highest BCUT2D eigenvalue weighted by molar-refractivity contribution is 6.30. The molecule has 1 aromatic heterocycles. The zero-order valence-electron chi connectivity index (χ0n) is 10.9. The minimum absolute atomic E-state index is 0.298. The number of aryl methyl sites for hydroxylation is 1. The van der Waals surface area contributed by atoms with E-state index >= 15 is 0 Å². The summed E-state index contributed by atoms with van der Waals surface area (Å²) in [5, 5.41) is 3.27. The monoisotopic (exact) mass is 288 g/mol. The summed E-state index contributed by atoms with van der Waals surface area (Å²) in [5.74, 6) is 0.911. The molecule has 4 nitrogen and oxygen atoms in total. The SMILES string of the molecule is C=CC(=O)Nc1cnc(C)c(Oc2ccc(Cl)cc2)c1. The van der Waals surface area contributed by atoms with Gasteiger partial charge in [0.15, 0.2) is 5.75 Å². The topological polar surface area (TPSA) is 51.2 Å². The van der Waals surface area contributed by atoms with Crippen molar-refractivity contribution in [1.82, 2.24) is 4.98 Å². The van der Waals surface area contributed by atoms with Gasteiger partial charge in [-0.15, -0.1) is 0 Å². The quantitative estimate of drug-likeness (QED) is 0.866. The lowest BCUT2D eigenvalue weighted by atomic mass is 10.3. The van der Waals surface area contributed by atoms with E-state index in [0.29, 0.717) is 22.2 Å². The van der Waals surface area contributed by atoms with Crippen LogP contribution in [-0.2, 0) is 4.79 Å². The third-order valence-electron chi connectivity index (χ3n) is 2.53. The third-order valence-corrected chi connectivity index (χ3v) is 2.79. The second kappa shape index (κ2) is 6.21. The standard InChI is InChI=1S/C15H13ClN2O2/c1-3-15(19)18-12-8-14(10(2)17-9-12)20-13-6-4-11(16)5-7-13/h3-9H,1H2,2H3,(H,18,19). The van der Waals surface area contributed by atoms with Gasteiger partial charge in [-0.1, -0.05) is 18.2 Å². The summed E-state index contributed by atoms with van der Waals surface area (Å²) in [4.78, 5) is 15.4. The van der Waals surface area contributed by atoms with Crippen LogP contribution in [0.5, 0.6) is 11.5 Å².